The Balaban J connectivity index is 1.74. The molecule has 1 fully saturated rings. The summed E-state index contributed by atoms with van der Waals surface area (Å²) in [6.45, 7) is 2.11. The number of nitrogens with one attached hydrogen (secondary N) is 2. The number of carbonyl (C=O) groups excluding carboxylic acids is 1. The van der Waals surface area contributed by atoms with Crippen molar-refractivity contribution in [2.75, 3.05) is 38.9 Å². The largest absolute Gasteiger partial charge is 0.454 e. The van der Waals surface area contributed by atoms with Crippen LogP contribution in [0.3, 0.4) is 0 Å². The molecular formula is C14H18N2O4. The normalized spacial score (nSPS) is 23.9. The summed E-state index contributed by atoms with van der Waals surface area (Å²) in [7, 11) is 1.62. The van der Waals surface area contributed by atoms with Crippen LogP contribution in [0.5, 0.6) is 11.5 Å². The maximum atomic E-state index is 12.5. The Morgan fingerprint density at radius 3 is 3.05 bits per heavy atom. The summed E-state index contributed by atoms with van der Waals surface area (Å²) in [5.74, 6) is 1.34. The molecule has 1 amide bonds. The maximum Gasteiger partial charge on any atom is 0.234 e. The molecule has 0 saturated carbocycles. The van der Waals surface area contributed by atoms with Crippen LogP contribution in [-0.4, -0.2) is 39.5 Å². The van der Waals surface area contributed by atoms with Gasteiger partial charge in [0.25, 0.3) is 0 Å². The van der Waals surface area contributed by atoms with Crippen molar-refractivity contribution in [3.63, 3.8) is 0 Å². The fourth-order valence-electron chi connectivity index (χ4n) is 2.64. The Kier molecular flexibility index (Phi) is 3.50. The average Bonchev–Trinajstić information content (AvgIpc) is 3.08. The highest BCUT2D eigenvalue weighted by molar-refractivity contribution is 5.96. The van der Waals surface area contributed by atoms with E-state index in [4.69, 9.17) is 14.2 Å². The fraction of sp³-hybridized carbons (Fsp3) is 0.500. The number of anilines is 1. The van der Waals surface area contributed by atoms with Gasteiger partial charge in [0.05, 0.1) is 12.0 Å². The first-order valence-corrected chi connectivity index (χ1v) is 6.64. The highest BCUT2D eigenvalue weighted by Crippen LogP contribution is 2.35. The van der Waals surface area contributed by atoms with Crippen LogP contribution in [0, 0.1) is 5.41 Å². The number of fused-ring (bicyclic) bond motifs is 1. The van der Waals surface area contributed by atoms with E-state index in [1.54, 1.807) is 19.2 Å². The number of carbonyl (C=O) groups is 1. The third kappa shape index (κ3) is 2.32. The van der Waals surface area contributed by atoms with Crippen LogP contribution in [0.4, 0.5) is 5.69 Å². The first-order valence-electron chi connectivity index (χ1n) is 6.64. The van der Waals surface area contributed by atoms with E-state index in [0.717, 1.165) is 13.0 Å². The Hall–Kier alpha value is -1.79. The van der Waals surface area contributed by atoms with Gasteiger partial charge in [-0.1, -0.05) is 0 Å². The van der Waals surface area contributed by atoms with Crippen molar-refractivity contribution in [3.05, 3.63) is 18.2 Å². The molecule has 0 spiro atoms. The topological polar surface area (TPSA) is 68.8 Å². The van der Waals surface area contributed by atoms with E-state index in [2.05, 4.69) is 10.6 Å². The predicted molar refractivity (Wildman–Crippen MR) is 73.0 cm³/mol. The number of amides is 1. The summed E-state index contributed by atoms with van der Waals surface area (Å²) in [6, 6.07) is 5.39. The molecule has 2 aliphatic heterocycles. The van der Waals surface area contributed by atoms with Gasteiger partial charge in [-0.25, -0.2) is 0 Å². The summed E-state index contributed by atoms with van der Waals surface area (Å²) in [5.41, 5.74) is 0.215. The van der Waals surface area contributed by atoms with E-state index in [1.807, 2.05) is 6.07 Å². The van der Waals surface area contributed by atoms with Gasteiger partial charge in [-0.05, 0) is 25.1 Å². The molecule has 1 unspecified atom stereocenters. The van der Waals surface area contributed by atoms with Crippen molar-refractivity contribution in [2.24, 2.45) is 5.41 Å². The van der Waals surface area contributed by atoms with Gasteiger partial charge in [-0.2, -0.15) is 0 Å². The second kappa shape index (κ2) is 5.30. The molecule has 6 heteroatoms. The molecule has 2 aliphatic rings. The van der Waals surface area contributed by atoms with E-state index in [1.165, 1.54) is 0 Å². The molecule has 20 heavy (non-hydrogen) atoms. The second-order valence-corrected chi connectivity index (χ2v) is 5.16. The molecule has 2 heterocycles. The van der Waals surface area contributed by atoms with Gasteiger partial charge >= 0.3 is 0 Å². The van der Waals surface area contributed by atoms with E-state index in [-0.39, 0.29) is 12.7 Å². The summed E-state index contributed by atoms with van der Waals surface area (Å²) in [5, 5.41) is 6.17. The lowest BCUT2D eigenvalue weighted by atomic mass is 9.87. The second-order valence-electron chi connectivity index (χ2n) is 5.16. The van der Waals surface area contributed by atoms with Crippen LogP contribution in [0.1, 0.15) is 6.42 Å². The van der Waals surface area contributed by atoms with E-state index in [0.29, 0.717) is 30.3 Å². The lowest BCUT2D eigenvalue weighted by Gasteiger charge is -2.25. The van der Waals surface area contributed by atoms with Gasteiger partial charge in [0.1, 0.15) is 0 Å². The zero-order valence-corrected chi connectivity index (χ0v) is 11.4. The summed E-state index contributed by atoms with van der Waals surface area (Å²) in [6.07, 6.45) is 0.775. The highest BCUT2D eigenvalue weighted by atomic mass is 16.7. The Labute approximate surface area is 117 Å². The van der Waals surface area contributed by atoms with Gasteiger partial charge < -0.3 is 24.8 Å². The molecule has 108 valence electrons. The first-order chi connectivity index (χ1) is 9.73. The monoisotopic (exact) mass is 278 g/mol. The van der Waals surface area contributed by atoms with Crippen molar-refractivity contribution < 1.29 is 19.0 Å². The van der Waals surface area contributed by atoms with Crippen LogP contribution in [0.25, 0.3) is 0 Å². The van der Waals surface area contributed by atoms with Gasteiger partial charge in [-0.3, -0.25) is 4.79 Å². The van der Waals surface area contributed by atoms with E-state index >= 15 is 0 Å². The number of ether oxygens (including phenoxy) is 3. The number of methoxy groups -OCH3 is 1. The third-order valence-corrected chi connectivity index (χ3v) is 3.78. The lowest BCUT2D eigenvalue weighted by Crippen LogP contribution is -2.41. The Bertz CT molecular complexity index is 512. The molecule has 1 aromatic carbocycles. The van der Waals surface area contributed by atoms with Crippen LogP contribution in [-0.2, 0) is 9.53 Å². The van der Waals surface area contributed by atoms with Gasteiger partial charge in [-0.15, -0.1) is 0 Å². The van der Waals surface area contributed by atoms with Crippen molar-refractivity contribution in [3.8, 4) is 11.5 Å². The molecular weight excluding hydrogens is 260 g/mol. The molecule has 0 bridgehead atoms. The van der Waals surface area contributed by atoms with Crippen molar-refractivity contribution in [2.45, 2.75) is 6.42 Å². The molecule has 1 saturated heterocycles. The Morgan fingerprint density at radius 1 is 1.45 bits per heavy atom. The number of hydrogen-bond acceptors (Lipinski definition) is 5. The molecule has 0 aliphatic carbocycles. The van der Waals surface area contributed by atoms with Crippen LogP contribution in [0.2, 0.25) is 0 Å². The zero-order valence-electron chi connectivity index (χ0n) is 11.4. The number of benzene rings is 1. The van der Waals surface area contributed by atoms with Crippen molar-refractivity contribution >= 4 is 11.6 Å². The van der Waals surface area contributed by atoms with E-state index < -0.39 is 5.41 Å². The van der Waals surface area contributed by atoms with Crippen LogP contribution >= 0.6 is 0 Å². The zero-order chi connectivity index (χ0) is 14.0. The molecule has 6 nitrogen and oxygen atoms in total. The van der Waals surface area contributed by atoms with Crippen LogP contribution < -0.4 is 20.1 Å². The summed E-state index contributed by atoms with van der Waals surface area (Å²) in [4.78, 5) is 12.5. The SMILES string of the molecule is COCC1(C(=O)Nc2ccc3c(c2)OCO3)CCNC1. The molecule has 0 radical (unpaired) electrons. The lowest BCUT2D eigenvalue weighted by molar-refractivity contribution is -0.127. The maximum absolute atomic E-state index is 12.5. The quantitative estimate of drug-likeness (QED) is 0.859. The summed E-state index contributed by atoms with van der Waals surface area (Å²) < 4.78 is 15.8. The van der Waals surface area contributed by atoms with Gasteiger partial charge in [0.15, 0.2) is 11.5 Å². The van der Waals surface area contributed by atoms with Crippen molar-refractivity contribution in [1.29, 1.82) is 0 Å². The average molecular weight is 278 g/mol. The smallest absolute Gasteiger partial charge is 0.234 e. The van der Waals surface area contributed by atoms with Gasteiger partial charge in [0.2, 0.25) is 12.7 Å². The number of rotatable bonds is 4. The molecule has 0 aromatic heterocycles. The fourth-order valence-corrected chi connectivity index (χ4v) is 2.64. The van der Waals surface area contributed by atoms with Crippen LogP contribution in [0.15, 0.2) is 18.2 Å². The Morgan fingerprint density at radius 2 is 2.30 bits per heavy atom. The standard InChI is InChI=1S/C14H18N2O4/c1-18-8-14(4-5-15-7-14)13(17)16-10-2-3-11-12(6-10)20-9-19-11/h2-3,6,15H,4-5,7-9H2,1H3,(H,16,17). The summed E-state index contributed by atoms with van der Waals surface area (Å²) >= 11 is 0. The third-order valence-electron chi connectivity index (χ3n) is 3.78. The number of hydrogen-bond donors (Lipinski definition) is 2. The van der Waals surface area contributed by atoms with E-state index in [9.17, 15) is 4.79 Å². The van der Waals surface area contributed by atoms with Crippen molar-refractivity contribution in [1.82, 2.24) is 5.32 Å². The predicted octanol–water partition coefficient (Wildman–Crippen LogP) is 0.980. The minimum Gasteiger partial charge on any atom is -0.454 e. The minimum absolute atomic E-state index is 0.0248. The van der Waals surface area contributed by atoms with Gasteiger partial charge in [0, 0.05) is 25.4 Å². The molecule has 2 N–H and O–H groups in total. The molecule has 3 rings (SSSR count). The highest BCUT2D eigenvalue weighted by Gasteiger charge is 2.41. The molecule has 1 aromatic rings. The minimum atomic E-state index is -0.495. The first kappa shape index (κ1) is 13.2. The molecule has 1 atom stereocenters.